The van der Waals surface area contributed by atoms with Crippen molar-refractivity contribution in [2.75, 3.05) is 7.11 Å². The van der Waals surface area contributed by atoms with Crippen molar-refractivity contribution >= 4 is 21.7 Å². The van der Waals surface area contributed by atoms with Crippen molar-refractivity contribution < 1.29 is 13.9 Å². The first-order valence-corrected chi connectivity index (χ1v) is 6.89. The predicted octanol–water partition coefficient (Wildman–Crippen LogP) is 4.09. The van der Waals surface area contributed by atoms with Crippen molar-refractivity contribution in [3.63, 3.8) is 0 Å². The molecule has 0 heterocycles. The third-order valence-corrected chi connectivity index (χ3v) is 3.56. The molecular weight excluding hydrogens is 337 g/mol. The number of ether oxygens (including phenoxy) is 1. The van der Waals surface area contributed by atoms with E-state index in [0.29, 0.717) is 5.56 Å². The van der Waals surface area contributed by atoms with Crippen LogP contribution in [0.15, 0.2) is 46.9 Å². The largest absolute Gasteiger partial charge is 0.494 e. The summed E-state index contributed by atoms with van der Waals surface area (Å²) in [5.41, 5.74) is 0.830. The maximum atomic E-state index is 13.4. The number of halogens is 2. The second kappa shape index (κ2) is 6.51. The number of rotatable bonds is 4. The highest BCUT2D eigenvalue weighted by molar-refractivity contribution is 9.10. The summed E-state index contributed by atoms with van der Waals surface area (Å²) < 4.78 is 19.1. The monoisotopic (exact) mass is 347 g/mol. The summed E-state index contributed by atoms with van der Waals surface area (Å²) >= 11 is 3.30. The molecule has 0 N–H and O–H groups in total. The minimum Gasteiger partial charge on any atom is -0.494 e. The molecule has 0 radical (unpaired) electrons. The van der Waals surface area contributed by atoms with E-state index in [4.69, 9.17) is 4.74 Å². The highest BCUT2D eigenvalue weighted by Gasteiger charge is 2.22. The summed E-state index contributed by atoms with van der Waals surface area (Å²) in [5, 5.41) is 9.27. The molecule has 1 unspecified atom stereocenters. The molecule has 0 saturated carbocycles. The third kappa shape index (κ3) is 3.29. The number of nitriles is 1. The molecular formula is C16H11BrFNO2. The molecule has 0 spiro atoms. The van der Waals surface area contributed by atoms with Crippen LogP contribution in [0.5, 0.6) is 5.75 Å². The van der Waals surface area contributed by atoms with Crippen LogP contribution in [0.4, 0.5) is 4.39 Å². The van der Waals surface area contributed by atoms with E-state index in [9.17, 15) is 14.4 Å². The van der Waals surface area contributed by atoms with E-state index in [1.807, 2.05) is 6.07 Å². The summed E-state index contributed by atoms with van der Waals surface area (Å²) in [4.78, 5) is 12.4. The summed E-state index contributed by atoms with van der Waals surface area (Å²) in [6.07, 6.45) is 0. The average Bonchev–Trinajstić information content (AvgIpc) is 2.50. The van der Waals surface area contributed by atoms with Crippen LogP contribution < -0.4 is 4.74 Å². The minimum absolute atomic E-state index is 0.0201. The molecule has 0 aliphatic carbocycles. The maximum Gasteiger partial charge on any atom is 0.184 e. The Bertz CT molecular complexity index is 707. The van der Waals surface area contributed by atoms with Gasteiger partial charge in [0.25, 0.3) is 0 Å². The zero-order valence-corrected chi connectivity index (χ0v) is 12.7. The normalized spacial score (nSPS) is 11.5. The van der Waals surface area contributed by atoms with Crippen molar-refractivity contribution in [1.29, 1.82) is 5.26 Å². The number of Topliss-reactive ketones (excluding diaryl/α,β-unsaturated/α-hetero) is 1. The van der Waals surface area contributed by atoms with Gasteiger partial charge in [-0.05, 0) is 35.9 Å². The molecule has 0 bridgehead atoms. The highest BCUT2D eigenvalue weighted by Crippen LogP contribution is 2.25. The Morgan fingerprint density at radius 1 is 1.29 bits per heavy atom. The number of methoxy groups -OCH3 is 1. The Labute approximate surface area is 130 Å². The van der Waals surface area contributed by atoms with Crippen LogP contribution in [-0.4, -0.2) is 12.9 Å². The van der Waals surface area contributed by atoms with E-state index in [-0.39, 0.29) is 11.3 Å². The lowest BCUT2D eigenvalue weighted by atomic mass is 9.92. The Kier molecular flexibility index (Phi) is 4.71. The number of nitrogens with zero attached hydrogens (tertiary/aromatic N) is 1. The van der Waals surface area contributed by atoms with Crippen LogP contribution in [0, 0.1) is 17.1 Å². The van der Waals surface area contributed by atoms with Gasteiger partial charge in [-0.15, -0.1) is 0 Å². The third-order valence-electron chi connectivity index (χ3n) is 3.03. The molecule has 2 rings (SSSR count). The summed E-state index contributed by atoms with van der Waals surface area (Å²) in [7, 11) is 1.32. The quantitative estimate of drug-likeness (QED) is 0.782. The van der Waals surface area contributed by atoms with Gasteiger partial charge >= 0.3 is 0 Å². The van der Waals surface area contributed by atoms with Crippen molar-refractivity contribution in [2.45, 2.75) is 5.92 Å². The Hall–Kier alpha value is -2.19. The predicted molar refractivity (Wildman–Crippen MR) is 79.8 cm³/mol. The highest BCUT2D eigenvalue weighted by atomic mass is 79.9. The van der Waals surface area contributed by atoms with Crippen molar-refractivity contribution in [2.24, 2.45) is 0 Å². The van der Waals surface area contributed by atoms with E-state index in [2.05, 4.69) is 15.9 Å². The van der Waals surface area contributed by atoms with Gasteiger partial charge in [-0.1, -0.05) is 28.1 Å². The standard InChI is InChI=1S/C16H11BrFNO2/c1-21-15-8-11(4-7-14(15)18)16(20)13(9-19)10-2-5-12(17)6-3-10/h2-8,13H,1H3. The molecule has 0 aliphatic rings. The van der Waals surface area contributed by atoms with E-state index in [1.165, 1.54) is 19.2 Å². The van der Waals surface area contributed by atoms with Gasteiger partial charge in [0.05, 0.1) is 13.2 Å². The van der Waals surface area contributed by atoms with Gasteiger partial charge in [-0.3, -0.25) is 4.79 Å². The van der Waals surface area contributed by atoms with Crippen LogP contribution in [0.2, 0.25) is 0 Å². The molecule has 5 heteroatoms. The molecule has 21 heavy (non-hydrogen) atoms. The molecule has 0 aliphatic heterocycles. The van der Waals surface area contributed by atoms with Crippen LogP contribution in [0.25, 0.3) is 0 Å². The molecule has 0 fully saturated rings. The van der Waals surface area contributed by atoms with E-state index >= 15 is 0 Å². The topological polar surface area (TPSA) is 50.1 Å². The number of hydrogen-bond donors (Lipinski definition) is 0. The lowest BCUT2D eigenvalue weighted by Crippen LogP contribution is -2.11. The van der Waals surface area contributed by atoms with Crippen LogP contribution in [-0.2, 0) is 0 Å². The van der Waals surface area contributed by atoms with Gasteiger partial charge in [0, 0.05) is 10.0 Å². The molecule has 2 aromatic rings. The van der Waals surface area contributed by atoms with Gasteiger partial charge < -0.3 is 4.74 Å². The smallest absolute Gasteiger partial charge is 0.184 e. The molecule has 2 aromatic carbocycles. The summed E-state index contributed by atoms with van der Waals surface area (Å²) in [6, 6.07) is 12.7. The fraction of sp³-hybridized carbons (Fsp3) is 0.125. The fourth-order valence-electron chi connectivity index (χ4n) is 1.92. The molecule has 106 valence electrons. The number of benzene rings is 2. The Morgan fingerprint density at radius 2 is 1.95 bits per heavy atom. The van der Waals surface area contributed by atoms with Crippen molar-refractivity contribution in [3.05, 3.63) is 63.9 Å². The van der Waals surface area contributed by atoms with Crippen LogP contribution >= 0.6 is 15.9 Å². The lowest BCUT2D eigenvalue weighted by molar-refractivity contribution is 0.0978. The van der Waals surface area contributed by atoms with Crippen LogP contribution in [0.1, 0.15) is 21.8 Å². The van der Waals surface area contributed by atoms with Gasteiger partial charge in [-0.25, -0.2) is 4.39 Å². The number of carbonyl (C=O) groups excluding carboxylic acids is 1. The number of hydrogen-bond acceptors (Lipinski definition) is 3. The van der Waals surface area contributed by atoms with E-state index < -0.39 is 17.5 Å². The first-order valence-electron chi connectivity index (χ1n) is 6.09. The van der Waals surface area contributed by atoms with Crippen molar-refractivity contribution in [1.82, 2.24) is 0 Å². The number of ketones is 1. The first-order chi connectivity index (χ1) is 10.1. The van der Waals surface area contributed by atoms with Gasteiger partial charge in [0.2, 0.25) is 0 Å². The molecule has 3 nitrogen and oxygen atoms in total. The SMILES string of the molecule is COc1cc(C(=O)C(C#N)c2ccc(Br)cc2)ccc1F. The minimum atomic E-state index is -0.937. The van der Waals surface area contributed by atoms with Crippen LogP contribution in [0.3, 0.4) is 0 Å². The lowest BCUT2D eigenvalue weighted by Gasteiger charge is -2.10. The number of carbonyl (C=O) groups is 1. The zero-order valence-electron chi connectivity index (χ0n) is 11.1. The average molecular weight is 348 g/mol. The summed E-state index contributed by atoms with van der Waals surface area (Å²) in [6.45, 7) is 0. The molecule has 0 aromatic heterocycles. The molecule has 1 atom stereocenters. The molecule has 0 saturated heterocycles. The van der Waals surface area contributed by atoms with Gasteiger partial charge in [-0.2, -0.15) is 5.26 Å². The van der Waals surface area contributed by atoms with Crippen molar-refractivity contribution in [3.8, 4) is 11.8 Å². The van der Waals surface area contributed by atoms with E-state index in [0.717, 1.165) is 10.5 Å². The van der Waals surface area contributed by atoms with E-state index in [1.54, 1.807) is 24.3 Å². The Balaban J connectivity index is 2.37. The van der Waals surface area contributed by atoms with Gasteiger partial charge in [0.1, 0.15) is 5.92 Å². The van der Waals surface area contributed by atoms with Gasteiger partial charge in [0.15, 0.2) is 17.3 Å². The summed E-state index contributed by atoms with van der Waals surface area (Å²) in [5.74, 6) is -1.90. The second-order valence-corrected chi connectivity index (χ2v) is 5.24. The second-order valence-electron chi connectivity index (χ2n) is 4.33. The zero-order chi connectivity index (χ0) is 15.4. The first kappa shape index (κ1) is 15.2. The fourth-order valence-corrected chi connectivity index (χ4v) is 2.18. The molecule has 0 amide bonds. The maximum absolute atomic E-state index is 13.4. The Morgan fingerprint density at radius 3 is 2.52 bits per heavy atom.